The molecule has 1 aliphatic carbocycles. The highest BCUT2D eigenvalue weighted by atomic mass is 16.4. The van der Waals surface area contributed by atoms with Crippen LogP contribution in [0.1, 0.15) is 66.7 Å². The van der Waals surface area contributed by atoms with Gasteiger partial charge in [0.05, 0.1) is 5.41 Å². The van der Waals surface area contributed by atoms with E-state index in [2.05, 4.69) is 33.0 Å². The first-order valence-corrected chi connectivity index (χ1v) is 7.57. The Morgan fingerprint density at radius 3 is 2.50 bits per heavy atom. The molecule has 1 fully saturated rings. The van der Waals surface area contributed by atoms with Crippen molar-refractivity contribution in [1.82, 2.24) is 5.32 Å². The SMILES string of the molecule is CC(CC(=O)NC1CCCC1(C)C(=O)O)CC(C)(C)C. The number of carbonyl (C=O) groups is 2. The van der Waals surface area contributed by atoms with Crippen molar-refractivity contribution in [3.05, 3.63) is 0 Å². The standard InChI is InChI=1S/C16H29NO3/c1-11(10-15(2,3)4)9-13(18)17-12-7-6-8-16(12,5)14(19)20/h11-12H,6-10H2,1-5H3,(H,17,18)(H,19,20). The molecular weight excluding hydrogens is 254 g/mol. The van der Waals surface area contributed by atoms with Crippen LogP contribution >= 0.6 is 0 Å². The molecule has 0 saturated heterocycles. The second-order valence-electron chi connectivity index (χ2n) is 7.81. The molecular formula is C16H29NO3. The maximum Gasteiger partial charge on any atom is 0.311 e. The minimum atomic E-state index is -0.803. The van der Waals surface area contributed by atoms with E-state index in [4.69, 9.17) is 0 Å². The Hall–Kier alpha value is -1.06. The van der Waals surface area contributed by atoms with Crippen LogP contribution in [0, 0.1) is 16.7 Å². The van der Waals surface area contributed by atoms with Crippen LogP contribution in [0.4, 0.5) is 0 Å². The third-order valence-electron chi connectivity index (χ3n) is 4.28. The van der Waals surface area contributed by atoms with Crippen LogP contribution in [-0.4, -0.2) is 23.0 Å². The Balaban J connectivity index is 2.52. The van der Waals surface area contributed by atoms with Crippen LogP contribution in [0.5, 0.6) is 0 Å². The maximum absolute atomic E-state index is 12.1. The number of hydrogen-bond donors (Lipinski definition) is 2. The summed E-state index contributed by atoms with van der Waals surface area (Å²) in [5.74, 6) is -0.503. The van der Waals surface area contributed by atoms with Gasteiger partial charge in [-0.25, -0.2) is 0 Å². The number of hydrogen-bond acceptors (Lipinski definition) is 2. The molecule has 0 spiro atoms. The van der Waals surface area contributed by atoms with Gasteiger partial charge in [0.25, 0.3) is 0 Å². The summed E-state index contributed by atoms with van der Waals surface area (Å²) in [6, 6.07) is -0.227. The average molecular weight is 283 g/mol. The van der Waals surface area contributed by atoms with Crippen LogP contribution in [0.25, 0.3) is 0 Å². The molecule has 4 heteroatoms. The number of carboxylic acids is 1. The van der Waals surface area contributed by atoms with Crippen LogP contribution in [0.15, 0.2) is 0 Å². The average Bonchev–Trinajstić information content (AvgIpc) is 2.58. The third kappa shape index (κ3) is 4.50. The van der Waals surface area contributed by atoms with E-state index < -0.39 is 11.4 Å². The molecule has 4 nitrogen and oxygen atoms in total. The molecule has 0 aromatic heterocycles. The van der Waals surface area contributed by atoms with Gasteiger partial charge in [-0.1, -0.05) is 34.1 Å². The van der Waals surface area contributed by atoms with E-state index in [0.717, 1.165) is 19.3 Å². The van der Waals surface area contributed by atoms with Gasteiger partial charge in [0.2, 0.25) is 5.91 Å². The van der Waals surface area contributed by atoms with Gasteiger partial charge in [0, 0.05) is 12.5 Å². The van der Waals surface area contributed by atoms with Gasteiger partial charge < -0.3 is 10.4 Å². The fourth-order valence-electron chi connectivity index (χ4n) is 3.34. The second-order valence-corrected chi connectivity index (χ2v) is 7.81. The van der Waals surface area contributed by atoms with Crippen molar-refractivity contribution in [2.45, 2.75) is 72.8 Å². The largest absolute Gasteiger partial charge is 0.481 e. The van der Waals surface area contributed by atoms with E-state index >= 15 is 0 Å². The molecule has 2 N–H and O–H groups in total. The summed E-state index contributed by atoms with van der Waals surface area (Å²) in [6.45, 7) is 10.3. The Morgan fingerprint density at radius 1 is 1.40 bits per heavy atom. The van der Waals surface area contributed by atoms with Crippen molar-refractivity contribution in [3.8, 4) is 0 Å². The number of carboxylic acid groups (broad SMARTS) is 1. The lowest BCUT2D eigenvalue weighted by Crippen LogP contribution is -2.47. The lowest BCUT2D eigenvalue weighted by molar-refractivity contribution is -0.149. The Labute approximate surface area is 122 Å². The molecule has 3 unspecified atom stereocenters. The van der Waals surface area contributed by atoms with Crippen molar-refractivity contribution in [3.63, 3.8) is 0 Å². The topological polar surface area (TPSA) is 66.4 Å². The summed E-state index contributed by atoms with van der Waals surface area (Å²) in [5, 5.41) is 12.3. The minimum Gasteiger partial charge on any atom is -0.481 e. The van der Waals surface area contributed by atoms with Crippen LogP contribution < -0.4 is 5.32 Å². The van der Waals surface area contributed by atoms with Gasteiger partial charge in [-0.3, -0.25) is 9.59 Å². The zero-order valence-corrected chi connectivity index (χ0v) is 13.5. The van der Waals surface area contributed by atoms with Gasteiger partial charge in [0.15, 0.2) is 0 Å². The number of nitrogens with one attached hydrogen (secondary N) is 1. The summed E-state index contributed by atoms with van der Waals surface area (Å²) in [6.07, 6.45) is 3.74. The molecule has 3 atom stereocenters. The molecule has 1 saturated carbocycles. The predicted molar refractivity (Wildman–Crippen MR) is 79.4 cm³/mol. The third-order valence-corrected chi connectivity index (χ3v) is 4.28. The predicted octanol–water partition coefficient (Wildman–Crippen LogP) is 3.21. The Kier molecular flexibility index (Phi) is 5.22. The summed E-state index contributed by atoms with van der Waals surface area (Å²) < 4.78 is 0. The van der Waals surface area contributed by atoms with Crippen LogP contribution in [0.2, 0.25) is 0 Å². The molecule has 0 heterocycles. The lowest BCUT2D eigenvalue weighted by atomic mass is 9.83. The molecule has 0 aromatic rings. The summed E-state index contributed by atoms with van der Waals surface area (Å²) >= 11 is 0. The molecule has 0 radical (unpaired) electrons. The number of rotatable bonds is 5. The summed E-state index contributed by atoms with van der Waals surface area (Å²) in [7, 11) is 0. The molecule has 1 aliphatic rings. The van der Waals surface area contributed by atoms with Crippen molar-refractivity contribution >= 4 is 11.9 Å². The highest BCUT2D eigenvalue weighted by Gasteiger charge is 2.45. The second kappa shape index (κ2) is 6.15. The van der Waals surface area contributed by atoms with Gasteiger partial charge >= 0.3 is 5.97 Å². The Morgan fingerprint density at radius 2 is 2.00 bits per heavy atom. The first kappa shape index (κ1) is 17.0. The zero-order chi connectivity index (χ0) is 15.6. The van der Waals surface area contributed by atoms with E-state index in [0.29, 0.717) is 18.8 Å². The maximum atomic E-state index is 12.1. The smallest absolute Gasteiger partial charge is 0.311 e. The van der Waals surface area contributed by atoms with Crippen molar-refractivity contribution in [2.75, 3.05) is 0 Å². The monoisotopic (exact) mass is 283 g/mol. The first-order chi connectivity index (χ1) is 9.04. The molecule has 1 amide bonds. The van der Waals surface area contributed by atoms with Gasteiger partial charge in [-0.2, -0.15) is 0 Å². The molecule has 0 aromatic carbocycles. The summed E-state index contributed by atoms with van der Waals surface area (Å²) in [5.41, 5.74) is -0.592. The molecule has 1 rings (SSSR count). The van der Waals surface area contributed by atoms with Crippen molar-refractivity contribution in [1.29, 1.82) is 0 Å². The first-order valence-electron chi connectivity index (χ1n) is 7.57. The Bertz CT molecular complexity index is 372. The van der Waals surface area contributed by atoms with E-state index in [9.17, 15) is 14.7 Å². The fraction of sp³-hybridized carbons (Fsp3) is 0.875. The molecule has 20 heavy (non-hydrogen) atoms. The number of aliphatic carboxylic acids is 1. The van der Waals surface area contributed by atoms with Gasteiger partial charge in [-0.15, -0.1) is 0 Å². The highest BCUT2D eigenvalue weighted by Crippen LogP contribution is 2.38. The minimum absolute atomic E-state index is 0.0128. The van der Waals surface area contributed by atoms with Gasteiger partial charge in [0.1, 0.15) is 0 Å². The zero-order valence-electron chi connectivity index (χ0n) is 13.5. The van der Waals surface area contributed by atoms with Crippen molar-refractivity contribution in [2.24, 2.45) is 16.7 Å². The van der Waals surface area contributed by atoms with Crippen molar-refractivity contribution < 1.29 is 14.7 Å². The number of carbonyl (C=O) groups excluding carboxylic acids is 1. The fourth-order valence-corrected chi connectivity index (χ4v) is 3.34. The van der Waals surface area contributed by atoms with Crippen LogP contribution in [0.3, 0.4) is 0 Å². The summed E-state index contributed by atoms with van der Waals surface area (Å²) in [4.78, 5) is 23.5. The quantitative estimate of drug-likeness (QED) is 0.814. The highest BCUT2D eigenvalue weighted by molar-refractivity contribution is 5.80. The van der Waals surface area contributed by atoms with Crippen LogP contribution in [-0.2, 0) is 9.59 Å². The molecule has 0 aliphatic heterocycles. The van der Waals surface area contributed by atoms with E-state index in [-0.39, 0.29) is 17.4 Å². The molecule has 116 valence electrons. The van der Waals surface area contributed by atoms with E-state index in [1.54, 1.807) is 6.92 Å². The van der Waals surface area contributed by atoms with Gasteiger partial charge in [-0.05, 0) is 37.5 Å². The molecule has 0 bridgehead atoms. The van der Waals surface area contributed by atoms with E-state index in [1.165, 1.54) is 0 Å². The normalized spacial score (nSPS) is 28.1. The number of amides is 1. The van der Waals surface area contributed by atoms with E-state index in [1.807, 2.05) is 0 Å². The lowest BCUT2D eigenvalue weighted by Gasteiger charge is -2.29.